The number of aromatic hydroxyl groups is 1. The van der Waals surface area contributed by atoms with Crippen LogP contribution in [-0.4, -0.2) is 23.2 Å². The highest BCUT2D eigenvalue weighted by atomic mass is 16.5. The molecule has 5 nitrogen and oxygen atoms in total. The summed E-state index contributed by atoms with van der Waals surface area (Å²) in [5.74, 6) is -1.05. The minimum absolute atomic E-state index is 0.00838. The van der Waals surface area contributed by atoms with Gasteiger partial charge in [-0.3, -0.25) is 4.79 Å². The summed E-state index contributed by atoms with van der Waals surface area (Å²) in [4.78, 5) is 25.6. The second kappa shape index (κ2) is 5.39. The Bertz CT molecular complexity index is 646. The molecule has 1 heterocycles. The predicted octanol–water partition coefficient (Wildman–Crippen LogP) is 1.46. The van der Waals surface area contributed by atoms with Gasteiger partial charge in [0.2, 0.25) is 0 Å². The summed E-state index contributed by atoms with van der Waals surface area (Å²) in [5.41, 5.74) is 0.777. The molecule has 0 amide bonds. The third-order valence-electron chi connectivity index (χ3n) is 2.71. The minimum Gasteiger partial charge on any atom is -0.507 e. The maximum absolute atomic E-state index is 11.7. The van der Waals surface area contributed by atoms with E-state index in [1.54, 1.807) is 0 Å². The van der Waals surface area contributed by atoms with Crippen molar-refractivity contribution < 1.29 is 14.6 Å². The van der Waals surface area contributed by atoms with Gasteiger partial charge in [-0.25, -0.2) is 4.79 Å². The van der Waals surface area contributed by atoms with E-state index in [0.717, 1.165) is 11.6 Å². The Morgan fingerprint density at radius 3 is 2.63 bits per heavy atom. The highest BCUT2D eigenvalue weighted by Crippen LogP contribution is 2.20. The van der Waals surface area contributed by atoms with Crippen LogP contribution in [0.1, 0.15) is 21.6 Å². The fraction of sp³-hybridized carbons (Fsp3) is 0.143. The molecule has 2 aromatic rings. The van der Waals surface area contributed by atoms with Crippen LogP contribution in [0.3, 0.4) is 0 Å². The lowest BCUT2D eigenvalue weighted by atomic mass is 10.0. The molecule has 0 saturated carbocycles. The first-order valence-corrected chi connectivity index (χ1v) is 5.69. The minimum atomic E-state index is -0.681. The number of carbonyl (C=O) groups excluding carboxylic acids is 1. The van der Waals surface area contributed by atoms with E-state index in [9.17, 15) is 14.7 Å². The number of benzene rings is 1. The fourth-order valence-electron chi connectivity index (χ4n) is 1.86. The van der Waals surface area contributed by atoms with Crippen LogP contribution in [0, 0.1) is 0 Å². The Labute approximate surface area is 109 Å². The second-order valence-electron chi connectivity index (χ2n) is 4.03. The van der Waals surface area contributed by atoms with Crippen molar-refractivity contribution in [2.45, 2.75) is 6.42 Å². The van der Waals surface area contributed by atoms with Crippen molar-refractivity contribution in [3.8, 4) is 5.75 Å². The molecule has 98 valence electrons. The van der Waals surface area contributed by atoms with E-state index in [1.165, 1.54) is 7.11 Å². The van der Waals surface area contributed by atoms with Crippen molar-refractivity contribution >= 4 is 5.97 Å². The number of carbonyl (C=O) groups is 1. The number of nitrogens with one attached hydrogen (secondary N) is 1. The zero-order valence-corrected chi connectivity index (χ0v) is 10.3. The first-order chi connectivity index (χ1) is 9.11. The van der Waals surface area contributed by atoms with Crippen molar-refractivity contribution in [2.24, 2.45) is 0 Å². The van der Waals surface area contributed by atoms with Gasteiger partial charge in [-0.1, -0.05) is 30.3 Å². The van der Waals surface area contributed by atoms with E-state index in [4.69, 9.17) is 0 Å². The zero-order chi connectivity index (χ0) is 13.8. The molecule has 0 spiro atoms. The molecule has 2 rings (SSSR count). The van der Waals surface area contributed by atoms with Crippen LogP contribution >= 0.6 is 0 Å². The highest BCUT2D eigenvalue weighted by Gasteiger charge is 2.18. The Kier molecular flexibility index (Phi) is 3.66. The van der Waals surface area contributed by atoms with Gasteiger partial charge in [0.25, 0.3) is 5.56 Å². The SMILES string of the molecule is COC(=O)c1c(O)cc(=O)[nH]c1Cc1ccccc1. The third kappa shape index (κ3) is 2.82. The molecule has 0 bridgehead atoms. The zero-order valence-electron chi connectivity index (χ0n) is 10.3. The normalized spacial score (nSPS) is 10.2. The molecule has 0 aliphatic rings. The van der Waals surface area contributed by atoms with Crippen LogP contribution in [0.4, 0.5) is 0 Å². The summed E-state index contributed by atoms with van der Waals surface area (Å²) in [5, 5.41) is 9.73. The molecule has 0 aliphatic carbocycles. The van der Waals surface area contributed by atoms with Gasteiger partial charge in [0, 0.05) is 18.2 Å². The molecular weight excluding hydrogens is 246 g/mol. The van der Waals surface area contributed by atoms with E-state index in [2.05, 4.69) is 9.72 Å². The number of hydrogen-bond acceptors (Lipinski definition) is 4. The van der Waals surface area contributed by atoms with E-state index < -0.39 is 11.5 Å². The van der Waals surface area contributed by atoms with Crippen molar-refractivity contribution in [1.29, 1.82) is 0 Å². The van der Waals surface area contributed by atoms with Crippen molar-refractivity contribution in [3.63, 3.8) is 0 Å². The Hall–Kier alpha value is -2.56. The smallest absolute Gasteiger partial charge is 0.343 e. The number of ether oxygens (including phenoxy) is 1. The lowest BCUT2D eigenvalue weighted by molar-refractivity contribution is 0.0595. The summed E-state index contributed by atoms with van der Waals surface area (Å²) in [7, 11) is 1.22. The molecular formula is C14H13NO4. The predicted molar refractivity (Wildman–Crippen MR) is 69.3 cm³/mol. The number of pyridine rings is 1. The number of rotatable bonds is 3. The summed E-state index contributed by atoms with van der Waals surface area (Å²) in [6, 6.07) is 10.3. The standard InChI is InChI=1S/C14H13NO4/c1-19-14(18)13-10(15-12(17)8-11(13)16)7-9-5-3-2-4-6-9/h2-6,8H,7H2,1H3,(H2,15,16,17). The van der Waals surface area contributed by atoms with Gasteiger partial charge in [-0.05, 0) is 5.56 Å². The molecule has 0 fully saturated rings. The molecule has 0 atom stereocenters. The van der Waals surface area contributed by atoms with Crippen LogP contribution < -0.4 is 5.56 Å². The lowest BCUT2D eigenvalue weighted by Gasteiger charge is -2.09. The largest absolute Gasteiger partial charge is 0.507 e. The third-order valence-corrected chi connectivity index (χ3v) is 2.71. The molecule has 0 radical (unpaired) electrons. The highest BCUT2D eigenvalue weighted by molar-refractivity contribution is 5.93. The van der Waals surface area contributed by atoms with Crippen molar-refractivity contribution in [1.82, 2.24) is 4.98 Å². The lowest BCUT2D eigenvalue weighted by Crippen LogP contribution is -2.15. The van der Waals surface area contributed by atoms with E-state index in [0.29, 0.717) is 12.1 Å². The molecule has 0 aliphatic heterocycles. The molecule has 1 aromatic carbocycles. The Morgan fingerprint density at radius 2 is 2.00 bits per heavy atom. The van der Waals surface area contributed by atoms with Crippen molar-refractivity contribution in [2.75, 3.05) is 7.11 Å². The van der Waals surface area contributed by atoms with Crippen LogP contribution in [0.15, 0.2) is 41.2 Å². The summed E-state index contributed by atoms with van der Waals surface area (Å²) in [6.07, 6.45) is 0.328. The van der Waals surface area contributed by atoms with Gasteiger partial charge in [-0.15, -0.1) is 0 Å². The average molecular weight is 259 g/mol. The molecule has 5 heteroatoms. The number of hydrogen-bond donors (Lipinski definition) is 2. The van der Waals surface area contributed by atoms with Crippen molar-refractivity contribution in [3.05, 3.63) is 63.6 Å². The Morgan fingerprint density at radius 1 is 1.32 bits per heavy atom. The number of aromatic nitrogens is 1. The van der Waals surface area contributed by atoms with Gasteiger partial charge < -0.3 is 14.8 Å². The maximum Gasteiger partial charge on any atom is 0.343 e. The first-order valence-electron chi connectivity index (χ1n) is 5.69. The van der Waals surface area contributed by atoms with E-state index >= 15 is 0 Å². The molecule has 0 unspecified atom stereocenters. The summed E-state index contributed by atoms with van der Waals surface area (Å²) in [6.45, 7) is 0. The molecule has 2 N–H and O–H groups in total. The van der Waals surface area contributed by atoms with Gasteiger partial charge in [-0.2, -0.15) is 0 Å². The van der Waals surface area contributed by atoms with Gasteiger partial charge >= 0.3 is 5.97 Å². The number of methoxy groups -OCH3 is 1. The topological polar surface area (TPSA) is 79.4 Å². The number of esters is 1. The molecule has 19 heavy (non-hydrogen) atoms. The monoisotopic (exact) mass is 259 g/mol. The maximum atomic E-state index is 11.7. The van der Waals surface area contributed by atoms with Crippen LogP contribution in [0.2, 0.25) is 0 Å². The quantitative estimate of drug-likeness (QED) is 0.818. The van der Waals surface area contributed by atoms with Crippen LogP contribution in [0.5, 0.6) is 5.75 Å². The second-order valence-corrected chi connectivity index (χ2v) is 4.03. The van der Waals surface area contributed by atoms with Gasteiger partial charge in [0.1, 0.15) is 11.3 Å². The van der Waals surface area contributed by atoms with Gasteiger partial charge in [0.05, 0.1) is 7.11 Å². The number of H-pyrrole nitrogens is 1. The Balaban J connectivity index is 2.49. The number of aromatic amines is 1. The van der Waals surface area contributed by atoms with E-state index in [1.807, 2.05) is 30.3 Å². The molecule has 1 aromatic heterocycles. The molecule has 0 saturated heterocycles. The first kappa shape index (κ1) is 12.9. The van der Waals surface area contributed by atoms with Crippen LogP contribution in [-0.2, 0) is 11.2 Å². The van der Waals surface area contributed by atoms with Crippen LogP contribution in [0.25, 0.3) is 0 Å². The summed E-state index contributed by atoms with van der Waals surface area (Å²) >= 11 is 0. The van der Waals surface area contributed by atoms with E-state index in [-0.39, 0.29) is 11.3 Å². The van der Waals surface area contributed by atoms with Gasteiger partial charge in [0.15, 0.2) is 0 Å². The summed E-state index contributed by atoms with van der Waals surface area (Å²) < 4.78 is 4.61. The fourth-order valence-corrected chi connectivity index (χ4v) is 1.86. The average Bonchev–Trinajstić information content (AvgIpc) is 2.38.